The second-order valence-corrected chi connectivity index (χ2v) is 7.54. The number of benzene rings is 2. The smallest absolute Gasteiger partial charge is 0.175 e. The van der Waals surface area contributed by atoms with Gasteiger partial charge in [-0.1, -0.05) is 28.1 Å². The van der Waals surface area contributed by atoms with E-state index in [-0.39, 0.29) is 4.90 Å². The van der Waals surface area contributed by atoms with Crippen LogP contribution < -0.4 is 11.3 Å². The number of hydrazine groups is 1. The van der Waals surface area contributed by atoms with Crippen molar-refractivity contribution in [2.24, 2.45) is 5.84 Å². The molecular formula is C14H14BrFN2O2S. The molecule has 0 aromatic heterocycles. The molecule has 2 aromatic carbocycles. The molecule has 2 aromatic rings. The highest BCUT2D eigenvalue weighted by molar-refractivity contribution is 9.10. The number of rotatable bonds is 4. The summed E-state index contributed by atoms with van der Waals surface area (Å²) in [6.45, 7) is 0. The van der Waals surface area contributed by atoms with E-state index in [2.05, 4.69) is 21.4 Å². The normalized spacial score (nSPS) is 13.1. The van der Waals surface area contributed by atoms with Gasteiger partial charge in [-0.15, -0.1) is 0 Å². The molecule has 1 atom stereocenters. The van der Waals surface area contributed by atoms with E-state index in [9.17, 15) is 12.8 Å². The Bertz CT molecular complexity index is 748. The van der Waals surface area contributed by atoms with Gasteiger partial charge in [0.2, 0.25) is 0 Å². The van der Waals surface area contributed by atoms with Gasteiger partial charge in [0.15, 0.2) is 9.84 Å². The minimum atomic E-state index is -3.26. The molecule has 0 fully saturated rings. The van der Waals surface area contributed by atoms with Crippen LogP contribution in [0.3, 0.4) is 0 Å². The third-order valence-corrected chi connectivity index (χ3v) is 4.70. The molecule has 0 aliphatic carbocycles. The molecule has 3 N–H and O–H groups in total. The maximum Gasteiger partial charge on any atom is 0.175 e. The lowest BCUT2D eigenvalue weighted by Gasteiger charge is -2.18. The molecule has 0 spiro atoms. The number of hydrogen-bond donors (Lipinski definition) is 2. The zero-order chi connectivity index (χ0) is 15.6. The van der Waals surface area contributed by atoms with Crippen LogP contribution in [0.4, 0.5) is 4.39 Å². The van der Waals surface area contributed by atoms with Gasteiger partial charge >= 0.3 is 0 Å². The van der Waals surface area contributed by atoms with Crippen LogP contribution in [0.1, 0.15) is 17.2 Å². The van der Waals surface area contributed by atoms with Gasteiger partial charge in [0.05, 0.1) is 10.9 Å². The predicted molar refractivity (Wildman–Crippen MR) is 82.8 cm³/mol. The van der Waals surface area contributed by atoms with Gasteiger partial charge in [-0.05, 0) is 35.9 Å². The molecule has 0 heterocycles. The second-order valence-electron chi connectivity index (χ2n) is 4.61. The summed E-state index contributed by atoms with van der Waals surface area (Å²) in [5.74, 6) is 5.13. The van der Waals surface area contributed by atoms with E-state index in [1.165, 1.54) is 18.2 Å². The van der Waals surface area contributed by atoms with Crippen LogP contribution in [0.15, 0.2) is 51.8 Å². The van der Waals surface area contributed by atoms with Gasteiger partial charge < -0.3 is 0 Å². The molecule has 0 bridgehead atoms. The largest absolute Gasteiger partial charge is 0.271 e. The van der Waals surface area contributed by atoms with Crippen molar-refractivity contribution in [1.29, 1.82) is 0 Å². The van der Waals surface area contributed by atoms with Gasteiger partial charge in [0.1, 0.15) is 5.82 Å². The molecule has 0 amide bonds. The molecule has 2 rings (SSSR count). The van der Waals surface area contributed by atoms with Crippen molar-refractivity contribution in [1.82, 2.24) is 5.43 Å². The third-order valence-electron chi connectivity index (χ3n) is 3.08. The van der Waals surface area contributed by atoms with Gasteiger partial charge in [-0.2, -0.15) is 0 Å². The first-order valence-electron chi connectivity index (χ1n) is 6.04. The maximum absolute atomic E-state index is 13.9. The minimum absolute atomic E-state index is 0.205. The standard InChI is InChI=1S/C14H14BrFN2O2S/c1-21(19,20)11-5-2-9(3-6-11)14(18-17)12-8-10(15)4-7-13(12)16/h2-8,14,18H,17H2,1H3. The molecule has 0 aliphatic heterocycles. The lowest BCUT2D eigenvalue weighted by Crippen LogP contribution is -2.29. The first-order valence-corrected chi connectivity index (χ1v) is 8.72. The molecule has 112 valence electrons. The Hall–Kier alpha value is -1.28. The average Bonchev–Trinajstić information content (AvgIpc) is 2.43. The summed E-state index contributed by atoms with van der Waals surface area (Å²) in [6.07, 6.45) is 1.13. The minimum Gasteiger partial charge on any atom is -0.271 e. The molecule has 0 saturated carbocycles. The summed E-state index contributed by atoms with van der Waals surface area (Å²) in [7, 11) is -3.26. The van der Waals surface area contributed by atoms with E-state index < -0.39 is 21.7 Å². The van der Waals surface area contributed by atoms with Gasteiger partial charge in [-0.3, -0.25) is 5.84 Å². The fraction of sp³-hybridized carbons (Fsp3) is 0.143. The van der Waals surface area contributed by atoms with E-state index in [0.29, 0.717) is 11.1 Å². The van der Waals surface area contributed by atoms with Gasteiger partial charge in [0, 0.05) is 16.3 Å². The summed E-state index contributed by atoms with van der Waals surface area (Å²) in [4.78, 5) is 0.205. The number of nitrogens with two attached hydrogens (primary N) is 1. The molecule has 4 nitrogen and oxygen atoms in total. The maximum atomic E-state index is 13.9. The van der Waals surface area contributed by atoms with Gasteiger partial charge in [0.25, 0.3) is 0 Å². The first kappa shape index (κ1) is 16.1. The lowest BCUT2D eigenvalue weighted by atomic mass is 9.99. The highest BCUT2D eigenvalue weighted by Gasteiger charge is 2.18. The van der Waals surface area contributed by atoms with Crippen LogP contribution in [-0.4, -0.2) is 14.7 Å². The van der Waals surface area contributed by atoms with Crippen molar-refractivity contribution < 1.29 is 12.8 Å². The zero-order valence-corrected chi connectivity index (χ0v) is 13.6. The van der Waals surface area contributed by atoms with Crippen LogP contribution in [0.2, 0.25) is 0 Å². The number of hydrogen-bond acceptors (Lipinski definition) is 4. The topological polar surface area (TPSA) is 72.2 Å². The summed E-state index contributed by atoms with van der Waals surface area (Å²) < 4.78 is 37.6. The Labute approximate surface area is 131 Å². The van der Waals surface area contributed by atoms with Crippen LogP contribution in [0.5, 0.6) is 0 Å². The van der Waals surface area contributed by atoms with E-state index in [0.717, 1.165) is 10.7 Å². The fourth-order valence-electron chi connectivity index (χ4n) is 2.01. The Morgan fingerprint density at radius 2 is 1.81 bits per heavy atom. The summed E-state index contributed by atoms with van der Waals surface area (Å²) in [5.41, 5.74) is 3.59. The quantitative estimate of drug-likeness (QED) is 0.638. The van der Waals surface area contributed by atoms with Crippen LogP contribution >= 0.6 is 15.9 Å². The second kappa shape index (κ2) is 6.23. The van der Waals surface area contributed by atoms with E-state index in [1.54, 1.807) is 24.3 Å². The van der Waals surface area contributed by atoms with Crippen LogP contribution in [0.25, 0.3) is 0 Å². The molecule has 21 heavy (non-hydrogen) atoms. The molecule has 0 aliphatic rings. The van der Waals surface area contributed by atoms with Crippen LogP contribution in [-0.2, 0) is 9.84 Å². The van der Waals surface area contributed by atoms with Crippen molar-refractivity contribution in [3.8, 4) is 0 Å². The highest BCUT2D eigenvalue weighted by atomic mass is 79.9. The van der Waals surface area contributed by atoms with Crippen molar-refractivity contribution in [3.63, 3.8) is 0 Å². The summed E-state index contributed by atoms with van der Waals surface area (Å²) in [5, 5.41) is 0. The van der Waals surface area contributed by atoms with Crippen LogP contribution in [0, 0.1) is 5.82 Å². The van der Waals surface area contributed by atoms with E-state index in [4.69, 9.17) is 5.84 Å². The number of nitrogens with one attached hydrogen (secondary N) is 1. The monoisotopic (exact) mass is 372 g/mol. The molecule has 0 radical (unpaired) electrons. The Kier molecular flexibility index (Phi) is 4.77. The van der Waals surface area contributed by atoms with Crippen molar-refractivity contribution in [2.45, 2.75) is 10.9 Å². The molecular weight excluding hydrogens is 359 g/mol. The first-order chi connectivity index (χ1) is 9.82. The average molecular weight is 373 g/mol. The zero-order valence-electron chi connectivity index (χ0n) is 11.2. The third kappa shape index (κ3) is 3.68. The van der Waals surface area contributed by atoms with E-state index in [1.807, 2.05) is 0 Å². The fourth-order valence-corrected chi connectivity index (χ4v) is 3.02. The summed E-state index contributed by atoms with van der Waals surface area (Å²) >= 11 is 3.29. The Morgan fingerprint density at radius 3 is 2.33 bits per heavy atom. The molecule has 1 unspecified atom stereocenters. The Balaban J connectivity index is 2.44. The SMILES string of the molecule is CS(=O)(=O)c1ccc(C(NN)c2cc(Br)ccc2F)cc1. The predicted octanol–water partition coefficient (Wildman–Crippen LogP) is 2.54. The van der Waals surface area contributed by atoms with Crippen molar-refractivity contribution in [3.05, 3.63) is 63.9 Å². The summed E-state index contributed by atoms with van der Waals surface area (Å²) in [6, 6.07) is 10.2. The lowest BCUT2D eigenvalue weighted by molar-refractivity contribution is 0.559. The van der Waals surface area contributed by atoms with E-state index >= 15 is 0 Å². The molecule has 7 heteroatoms. The Morgan fingerprint density at radius 1 is 1.19 bits per heavy atom. The number of halogens is 2. The van der Waals surface area contributed by atoms with Crippen molar-refractivity contribution >= 4 is 25.8 Å². The van der Waals surface area contributed by atoms with Gasteiger partial charge in [-0.25, -0.2) is 18.2 Å². The number of sulfone groups is 1. The van der Waals surface area contributed by atoms with Crippen molar-refractivity contribution in [2.75, 3.05) is 6.26 Å². The molecule has 0 saturated heterocycles. The highest BCUT2D eigenvalue weighted by Crippen LogP contribution is 2.27.